The lowest BCUT2D eigenvalue weighted by molar-refractivity contribution is -0.138. The van der Waals surface area contributed by atoms with Gasteiger partial charge in [0.15, 0.2) is 0 Å². The van der Waals surface area contributed by atoms with Crippen molar-refractivity contribution < 1.29 is 14.7 Å². The Morgan fingerprint density at radius 3 is 2.33 bits per heavy atom. The second-order valence-corrected chi connectivity index (χ2v) is 7.17. The fourth-order valence-electron chi connectivity index (χ4n) is 3.48. The molecule has 0 aromatic heterocycles. The van der Waals surface area contributed by atoms with Crippen LogP contribution in [0.15, 0.2) is 48.5 Å². The first kappa shape index (κ1) is 19.2. The summed E-state index contributed by atoms with van der Waals surface area (Å²) >= 11 is 6.40. The molecule has 2 amide bonds. The zero-order valence-corrected chi connectivity index (χ0v) is 16.0. The van der Waals surface area contributed by atoms with Gasteiger partial charge in [0, 0.05) is 50.5 Å². The van der Waals surface area contributed by atoms with E-state index in [9.17, 15) is 14.7 Å². The van der Waals surface area contributed by atoms with Crippen molar-refractivity contribution in [2.45, 2.75) is 19.3 Å². The van der Waals surface area contributed by atoms with Crippen molar-refractivity contribution in [3.63, 3.8) is 0 Å². The molecular formula is C21H23ClN2O3. The fourth-order valence-corrected chi connectivity index (χ4v) is 3.75. The molecule has 1 atom stereocenters. The lowest BCUT2D eigenvalue weighted by Crippen LogP contribution is -2.50. The van der Waals surface area contributed by atoms with E-state index in [1.807, 2.05) is 30.3 Å². The number of phenolic OH excluding ortho intramolecular Hbond substituents is 1. The van der Waals surface area contributed by atoms with Crippen molar-refractivity contribution in [2.24, 2.45) is 0 Å². The number of carbonyl (C=O) groups excluding carboxylic acids is 2. The van der Waals surface area contributed by atoms with Gasteiger partial charge in [0.05, 0.1) is 0 Å². The van der Waals surface area contributed by atoms with Gasteiger partial charge in [0.1, 0.15) is 5.75 Å². The molecule has 0 aliphatic carbocycles. The Morgan fingerprint density at radius 1 is 1.04 bits per heavy atom. The SMILES string of the molecule is CC(=O)N1CCN(C(=O)CC(c2cccc(O)c2)c2ccccc2Cl)CC1. The molecule has 1 fully saturated rings. The Morgan fingerprint density at radius 2 is 1.70 bits per heavy atom. The number of hydrogen-bond donors (Lipinski definition) is 1. The number of rotatable bonds is 4. The maximum absolute atomic E-state index is 12.9. The number of benzene rings is 2. The van der Waals surface area contributed by atoms with Gasteiger partial charge in [-0.25, -0.2) is 0 Å². The molecule has 2 aromatic rings. The molecule has 6 heteroatoms. The highest BCUT2D eigenvalue weighted by molar-refractivity contribution is 6.31. The van der Waals surface area contributed by atoms with Gasteiger partial charge in [-0.1, -0.05) is 41.9 Å². The van der Waals surface area contributed by atoms with Crippen LogP contribution < -0.4 is 0 Å². The second-order valence-electron chi connectivity index (χ2n) is 6.76. The molecule has 1 aliphatic heterocycles. The number of amides is 2. The van der Waals surface area contributed by atoms with Crippen LogP contribution in [0.5, 0.6) is 5.75 Å². The summed E-state index contributed by atoms with van der Waals surface area (Å²) in [6, 6.07) is 14.4. The van der Waals surface area contributed by atoms with E-state index >= 15 is 0 Å². The maximum Gasteiger partial charge on any atom is 0.223 e. The standard InChI is InChI=1S/C21H23ClN2O3/c1-15(25)23-9-11-24(12-10-23)21(27)14-19(16-5-4-6-17(26)13-16)18-7-2-3-8-20(18)22/h2-8,13,19,26H,9-12,14H2,1H3. The topological polar surface area (TPSA) is 60.9 Å². The average Bonchev–Trinajstić information content (AvgIpc) is 2.66. The Kier molecular flexibility index (Phi) is 6.01. The average molecular weight is 387 g/mol. The Hall–Kier alpha value is -2.53. The molecule has 1 unspecified atom stereocenters. The van der Waals surface area contributed by atoms with E-state index in [4.69, 9.17) is 11.6 Å². The minimum atomic E-state index is -0.246. The van der Waals surface area contributed by atoms with Crippen molar-refractivity contribution in [3.8, 4) is 5.75 Å². The molecule has 0 spiro atoms. The molecule has 1 heterocycles. The van der Waals surface area contributed by atoms with Crippen LogP contribution in [0.25, 0.3) is 0 Å². The van der Waals surface area contributed by atoms with Crippen LogP contribution in [0.3, 0.4) is 0 Å². The largest absolute Gasteiger partial charge is 0.508 e. The lowest BCUT2D eigenvalue weighted by Gasteiger charge is -2.35. The summed E-state index contributed by atoms with van der Waals surface area (Å²) < 4.78 is 0. The number of nitrogens with zero attached hydrogens (tertiary/aromatic N) is 2. The predicted octanol–water partition coefficient (Wildman–Crippen LogP) is 3.26. The molecule has 0 radical (unpaired) electrons. The van der Waals surface area contributed by atoms with E-state index in [0.717, 1.165) is 11.1 Å². The van der Waals surface area contributed by atoms with Crippen molar-refractivity contribution in [2.75, 3.05) is 26.2 Å². The van der Waals surface area contributed by atoms with Crippen LogP contribution in [0.4, 0.5) is 0 Å². The zero-order chi connectivity index (χ0) is 19.4. The summed E-state index contributed by atoms with van der Waals surface area (Å²) in [4.78, 5) is 28.0. The Bertz CT molecular complexity index is 832. The van der Waals surface area contributed by atoms with Crippen molar-refractivity contribution in [1.82, 2.24) is 9.80 Å². The Balaban J connectivity index is 1.81. The number of aromatic hydroxyl groups is 1. The third-order valence-corrected chi connectivity index (χ3v) is 5.35. The van der Waals surface area contributed by atoms with Crippen LogP contribution in [0, 0.1) is 0 Å². The summed E-state index contributed by atoms with van der Waals surface area (Å²) in [5, 5.41) is 10.5. The van der Waals surface area contributed by atoms with Crippen molar-refractivity contribution in [1.29, 1.82) is 0 Å². The summed E-state index contributed by atoms with van der Waals surface area (Å²) in [7, 11) is 0. The smallest absolute Gasteiger partial charge is 0.223 e. The number of carbonyl (C=O) groups is 2. The van der Waals surface area contributed by atoms with E-state index in [0.29, 0.717) is 31.2 Å². The summed E-state index contributed by atoms with van der Waals surface area (Å²) in [6.07, 6.45) is 0.257. The Labute approximate surface area is 164 Å². The van der Waals surface area contributed by atoms with E-state index in [1.54, 1.807) is 34.9 Å². The molecular weight excluding hydrogens is 364 g/mol. The summed E-state index contributed by atoms with van der Waals surface area (Å²) in [5.41, 5.74) is 1.71. The van der Waals surface area contributed by atoms with Crippen LogP contribution in [0.2, 0.25) is 5.02 Å². The third-order valence-electron chi connectivity index (χ3n) is 5.01. The minimum absolute atomic E-state index is 0.0199. The maximum atomic E-state index is 12.9. The molecule has 1 N–H and O–H groups in total. The van der Waals surface area contributed by atoms with Gasteiger partial charge in [-0.2, -0.15) is 0 Å². The van der Waals surface area contributed by atoms with Gasteiger partial charge in [-0.15, -0.1) is 0 Å². The molecule has 1 aliphatic rings. The molecule has 3 rings (SSSR count). The summed E-state index contributed by atoms with van der Waals surface area (Å²) in [6.45, 7) is 3.74. The van der Waals surface area contributed by atoms with E-state index < -0.39 is 0 Å². The number of piperazine rings is 1. The molecule has 5 nitrogen and oxygen atoms in total. The molecule has 2 aromatic carbocycles. The summed E-state index contributed by atoms with van der Waals surface area (Å²) in [5.74, 6) is -0.0292. The first-order valence-electron chi connectivity index (χ1n) is 9.02. The molecule has 0 saturated carbocycles. The highest BCUT2D eigenvalue weighted by Crippen LogP contribution is 2.34. The lowest BCUT2D eigenvalue weighted by atomic mass is 9.87. The van der Waals surface area contributed by atoms with Crippen LogP contribution in [-0.2, 0) is 9.59 Å². The van der Waals surface area contributed by atoms with Crippen LogP contribution in [-0.4, -0.2) is 52.9 Å². The van der Waals surface area contributed by atoms with Crippen LogP contribution >= 0.6 is 11.6 Å². The van der Waals surface area contributed by atoms with Crippen LogP contribution in [0.1, 0.15) is 30.4 Å². The van der Waals surface area contributed by atoms with E-state index in [2.05, 4.69) is 0 Å². The zero-order valence-electron chi connectivity index (χ0n) is 15.3. The molecule has 142 valence electrons. The highest BCUT2D eigenvalue weighted by atomic mass is 35.5. The predicted molar refractivity (Wildman–Crippen MR) is 105 cm³/mol. The van der Waals surface area contributed by atoms with Crippen molar-refractivity contribution >= 4 is 23.4 Å². The van der Waals surface area contributed by atoms with Crippen molar-refractivity contribution in [3.05, 3.63) is 64.7 Å². The molecule has 0 bridgehead atoms. The van der Waals surface area contributed by atoms with Gasteiger partial charge in [-0.3, -0.25) is 9.59 Å². The number of hydrogen-bond acceptors (Lipinski definition) is 3. The highest BCUT2D eigenvalue weighted by Gasteiger charge is 2.27. The first-order chi connectivity index (χ1) is 13.0. The first-order valence-corrected chi connectivity index (χ1v) is 9.40. The minimum Gasteiger partial charge on any atom is -0.508 e. The molecule has 1 saturated heterocycles. The number of halogens is 1. The van der Waals surface area contributed by atoms with Gasteiger partial charge >= 0.3 is 0 Å². The van der Waals surface area contributed by atoms with E-state index in [1.165, 1.54) is 0 Å². The van der Waals surface area contributed by atoms with Gasteiger partial charge in [0.25, 0.3) is 0 Å². The van der Waals surface area contributed by atoms with Gasteiger partial charge < -0.3 is 14.9 Å². The normalized spacial score (nSPS) is 15.5. The van der Waals surface area contributed by atoms with Gasteiger partial charge in [0.2, 0.25) is 11.8 Å². The van der Waals surface area contributed by atoms with E-state index in [-0.39, 0.29) is 29.9 Å². The quantitative estimate of drug-likeness (QED) is 0.877. The number of phenols is 1. The van der Waals surface area contributed by atoms with Gasteiger partial charge in [-0.05, 0) is 29.3 Å². The fraction of sp³-hybridized carbons (Fsp3) is 0.333. The monoisotopic (exact) mass is 386 g/mol. The second kappa shape index (κ2) is 8.44. The molecule has 27 heavy (non-hydrogen) atoms. The third kappa shape index (κ3) is 4.61.